The number of benzene rings is 1. The van der Waals surface area contributed by atoms with Crippen molar-refractivity contribution in [3.63, 3.8) is 0 Å². The Labute approximate surface area is 121 Å². The molecule has 2 unspecified atom stereocenters. The van der Waals surface area contributed by atoms with Gasteiger partial charge in [0.2, 0.25) is 0 Å². The van der Waals surface area contributed by atoms with Crippen LogP contribution in [0.1, 0.15) is 30.5 Å². The van der Waals surface area contributed by atoms with Gasteiger partial charge in [-0.2, -0.15) is 0 Å². The van der Waals surface area contributed by atoms with Crippen LogP contribution in [0.4, 0.5) is 0 Å². The summed E-state index contributed by atoms with van der Waals surface area (Å²) in [6, 6.07) is 6.11. The molecule has 1 aliphatic rings. The molecule has 2 rings (SSSR count). The molecule has 5 heteroatoms. The van der Waals surface area contributed by atoms with Crippen LogP contribution in [0.25, 0.3) is 0 Å². The van der Waals surface area contributed by atoms with Crippen LogP contribution in [0.5, 0.6) is 5.75 Å². The number of ether oxygens (including phenoxy) is 1. The summed E-state index contributed by atoms with van der Waals surface area (Å²) < 4.78 is 29.1. The fraction of sp³-hybridized carbons (Fsp3) is 0.600. The minimum Gasteiger partial charge on any atom is -0.494 e. The van der Waals surface area contributed by atoms with Crippen LogP contribution in [0.3, 0.4) is 0 Å². The van der Waals surface area contributed by atoms with E-state index in [0.717, 1.165) is 16.9 Å². The highest BCUT2D eigenvalue weighted by Gasteiger charge is 2.34. The van der Waals surface area contributed by atoms with Gasteiger partial charge in [0.1, 0.15) is 5.75 Å². The van der Waals surface area contributed by atoms with Gasteiger partial charge in [-0.1, -0.05) is 17.7 Å². The monoisotopic (exact) mass is 297 g/mol. The number of hydrogen-bond donors (Lipinski definition) is 1. The predicted molar refractivity (Wildman–Crippen MR) is 80.9 cm³/mol. The van der Waals surface area contributed by atoms with Gasteiger partial charge in [-0.15, -0.1) is 0 Å². The Hall–Kier alpha value is -1.07. The average Bonchev–Trinajstić information content (AvgIpc) is 2.74. The van der Waals surface area contributed by atoms with Crippen molar-refractivity contribution >= 4 is 9.84 Å². The van der Waals surface area contributed by atoms with Crippen LogP contribution in [-0.4, -0.2) is 33.6 Å². The standard InChI is InChI=1S/C15H23NO3S/c1-4-19-14-6-5-11(2)9-13(14)15(16-3)12-7-8-20(17,18)10-12/h5-6,9,12,15-16H,4,7-8,10H2,1-3H3. The molecule has 1 fully saturated rings. The van der Waals surface area contributed by atoms with Crippen LogP contribution < -0.4 is 10.1 Å². The van der Waals surface area contributed by atoms with E-state index in [4.69, 9.17) is 4.74 Å². The first kappa shape index (κ1) is 15.3. The highest BCUT2D eigenvalue weighted by Crippen LogP contribution is 2.36. The molecule has 0 spiro atoms. The van der Waals surface area contributed by atoms with Gasteiger partial charge in [-0.25, -0.2) is 8.42 Å². The first-order chi connectivity index (χ1) is 9.46. The van der Waals surface area contributed by atoms with E-state index < -0.39 is 9.84 Å². The molecule has 2 atom stereocenters. The Morgan fingerprint density at radius 1 is 1.45 bits per heavy atom. The molecule has 0 aromatic heterocycles. The fourth-order valence-corrected chi connectivity index (χ4v) is 4.77. The number of rotatable bonds is 5. The van der Waals surface area contributed by atoms with E-state index in [0.29, 0.717) is 18.8 Å². The van der Waals surface area contributed by atoms with Gasteiger partial charge < -0.3 is 10.1 Å². The largest absolute Gasteiger partial charge is 0.494 e. The summed E-state index contributed by atoms with van der Waals surface area (Å²) in [6.45, 7) is 4.60. The van der Waals surface area contributed by atoms with Crippen molar-refractivity contribution in [3.8, 4) is 5.75 Å². The lowest BCUT2D eigenvalue weighted by molar-refractivity contribution is 0.323. The Kier molecular flexibility index (Phi) is 4.70. The molecular weight excluding hydrogens is 274 g/mol. The Morgan fingerprint density at radius 2 is 2.20 bits per heavy atom. The normalized spacial score (nSPS) is 22.6. The summed E-state index contributed by atoms with van der Waals surface area (Å²) in [5.41, 5.74) is 2.22. The van der Waals surface area contributed by atoms with Crippen LogP contribution in [0, 0.1) is 12.8 Å². The zero-order chi connectivity index (χ0) is 14.8. The quantitative estimate of drug-likeness (QED) is 0.904. The van der Waals surface area contributed by atoms with Gasteiger partial charge in [0, 0.05) is 11.6 Å². The fourth-order valence-electron chi connectivity index (χ4n) is 2.93. The molecule has 0 aliphatic carbocycles. The summed E-state index contributed by atoms with van der Waals surface area (Å²) in [7, 11) is -0.992. The van der Waals surface area contributed by atoms with Crippen LogP contribution in [0.2, 0.25) is 0 Å². The lowest BCUT2D eigenvalue weighted by atomic mass is 9.91. The molecule has 1 N–H and O–H groups in total. The van der Waals surface area contributed by atoms with E-state index in [2.05, 4.69) is 11.4 Å². The highest BCUT2D eigenvalue weighted by atomic mass is 32.2. The van der Waals surface area contributed by atoms with E-state index in [1.165, 1.54) is 0 Å². The van der Waals surface area contributed by atoms with Crippen molar-refractivity contribution in [3.05, 3.63) is 29.3 Å². The number of aryl methyl sites for hydroxylation is 1. The summed E-state index contributed by atoms with van der Waals surface area (Å²) in [5, 5.41) is 3.28. The highest BCUT2D eigenvalue weighted by molar-refractivity contribution is 7.91. The topological polar surface area (TPSA) is 55.4 Å². The third-order valence-electron chi connectivity index (χ3n) is 3.85. The molecule has 1 aromatic rings. The van der Waals surface area contributed by atoms with E-state index in [1.54, 1.807) is 0 Å². The van der Waals surface area contributed by atoms with Crippen molar-refractivity contribution in [1.29, 1.82) is 0 Å². The molecule has 112 valence electrons. The third kappa shape index (κ3) is 3.33. The molecule has 0 saturated carbocycles. The maximum atomic E-state index is 11.7. The zero-order valence-electron chi connectivity index (χ0n) is 12.3. The molecule has 1 aromatic carbocycles. The third-order valence-corrected chi connectivity index (χ3v) is 5.64. The lowest BCUT2D eigenvalue weighted by Gasteiger charge is -2.25. The Morgan fingerprint density at radius 3 is 2.75 bits per heavy atom. The van der Waals surface area contributed by atoms with E-state index in [-0.39, 0.29) is 17.7 Å². The second-order valence-electron chi connectivity index (χ2n) is 5.40. The first-order valence-electron chi connectivity index (χ1n) is 7.08. The van der Waals surface area contributed by atoms with Crippen molar-refractivity contribution in [2.24, 2.45) is 5.92 Å². The van der Waals surface area contributed by atoms with E-state index >= 15 is 0 Å². The maximum absolute atomic E-state index is 11.7. The molecule has 1 saturated heterocycles. The summed E-state index contributed by atoms with van der Waals surface area (Å²) >= 11 is 0. The minimum absolute atomic E-state index is 0.0220. The molecule has 0 radical (unpaired) electrons. The van der Waals surface area contributed by atoms with Gasteiger partial charge in [0.15, 0.2) is 9.84 Å². The molecule has 4 nitrogen and oxygen atoms in total. The number of sulfone groups is 1. The van der Waals surface area contributed by atoms with Crippen LogP contribution >= 0.6 is 0 Å². The zero-order valence-corrected chi connectivity index (χ0v) is 13.2. The Bertz CT molecular complexity index is 568. The number of hydrogen-bond acceptors (Lipinski definition) is 4. The molecule has 20 heavy (non-hydrogen) atoms. The van der Waals surface area contributed by atoms with Gasteiger partial charge in [-0.3, -0.25) is 0 Å². The lowest BCUT2D eigenvalue weighted by Crippen LogP contribution is -2.26. The van der Waals surface area contributed by atoms with Gasteiger partial charge >= 0.3 is 0 Å². The van der Waals surface area contributed by atoms with Crippen molar-refractivity contribution in [2.45, 2.75) is 26.3 Å². The Balaban J connectivity index is 2.34. The van der Waals surface area contributed by atoms with Gasteiger partial charge in [-0.05, 0) is 39.3 Å². The van der Waals surface area contributed by atoms with E-state index in [1.807, 2.05) is 33.0 Å². The molecule has 0 amide bonds. The van der Waals surface area contributed by atoms with Crippen molar-refractivity contribution in [2.75, 3.05) is 25.2 Å². The summed E-state index contributed by atoms with van der Waals surface area (Å²) in [5.74, 6) is 1.52. The molecule has 1 aliphatic heterocycles. The molecular formula is C15H23NO3S. The predicted octanol–water partition coefficient (Wildman–Crippen LogP) is 2.09. The molecule has 1 heterocycles. The molecule has 0 bridgehead atoms. The minimum atomic E-state index is -2.87. The van der Waals surface area contributed by atoms with Crippen LogP contribution in [0.15, 0.2) is 18.2 Å². The smallest absolute Gasteiger partial charge is 0.150 e. The number of nitrogens with one attached hydrogen (secondary N) is 1. The second kappa shape index (κ2) is 6.14. The van der Waals surface area contributed by atoms with Gasteiger partial charge in [0.05, 0.1) is 18.1 Å². The average molecular weight is 297 g/mol. The maximum Gasteiger partial charge on any atom is 0.150 e. The van der Waals surface area contributed by atoms with Gasteiger partial charge in [0.25, 0.3) is 0 Å². The second-order valence-corrected chi connectivity index (χ2v) is 7.63. The van der Waals surface area contributed by atoms with Crippen molar-refractivity contribution in [1.82, 2.24) is 5.32 Å². The van der Waals surface area contributed by atoms with Crippen molar-refractivity contribution < 1.29 is 13.2 Å². The summed E-state index contributed by atoms with van der Waals surface area (Å²) in [4.78, 5) is 0. The van der Waals surface area contributed by atoms with E-state index in [9.17, 15) is 8.42 Å². The summed E-state index contributed by atoms with van der Waals surface area (Å²) in [6.07, 6.45) is 0.716. The first-order valence-corrected chi connectivity index (χ1v) is 8.90. The van der Waals surface area contributed by atoms with Crippen LogP contribution in [-0.2, 0) is 9.84 Å². The SMILES string of the molecule is CCOc1ccc(C)cc1C(NC)C1CCS(=O)(=O)C1.